The van der Waals surface area contributed by atoms with E-state index < -0.39 is 0 Å². The van der Waals surface area contributed by atoms with Crippen molar-refractivity contribution in [2.24, 2.45) is 5.92 Å². The first-order valence-electron chi connectivity index (χ1n) is 13.0. The molecule has 2 saturated heterocycles. The Morgan fingerprint density at radius 1 is 0.842 bits per heavy atom. The highest BCUT2D eigenvalue weighted by molar-refractivity contribution is 7.13. The summed E-state index contributed by atoms with van der Waals surface area (Å²) >= 11 is 1.65. The molecule has 2 aliphatic heterocycles. The third-order valence-corrected chi connectivity index (χ3v) is 8.06. The lowest BCUT2D eigenvalue weighted by Gasteiger charge is -2.36. The van der Waals surface area contributed by atoms with Gasteiger partial charge in [-0.2, -0.15) is 0 Å². The number of piperazine rings is 1. The summed E-state index contributed by atoms with van der Waals surface area (Å²) in [6.45, 7) is 5.05. The molecule has 1 atom stereocenters. The number of benzene rings is 1. The number of piperidine rings is 1. The van der Waals surface area contributed by atoms with Crippen LogP contribution in [0.1, 0.15) is 12.8 Å². The number of thiophene rings is 1. The van der Waals surface area contributed by atoms with Gasteiger partial charge in [0.15, 0.2) is 5.82 Å². The first-order valence-corrected chi connectivity index (χ1v) is 13.9. The molecule has 1 N–H and O–H groups in total. The van der Waals surface area contributed by atoms with Gasteiger partial charge in [-0.3, -0.25) is 4.79 Å². The number of hydrogen-bond donors (Lipinski definition) is 1. The first kappa shape index (κ1) is 24.3. The number of para-hydroxylation sites is 1. The molecular formula is C28H30N8OS. The predicted molar refractivity (Wildman–Crippen MR) is 152 cm³/mol. The Hall–Kier alpha value is -4.05. The second-order valence-corrected chi connectivity index (χ2v) is 10.5. The molecule has 38 heavy (non-hydrogen) atoms. The van der Waals surface area contributed by atoms with Crippen LogP contribution in [0.3, 0.4) is 0 Å². The lowest BCUT2D eigenvalue weighted by atomic mass is 9.97. The van der Waals surface area contributed by atoms with E-state index >= 15 is 0 Å². The minimum Gasteiger partial charge on any atom is -0.368 e. The minimum atomic E-state index is -0.143. The quantitative estimate of drug-likeness (QED) is 0.400. The summed E-state index contributed by atoms with van der Waals surface area (Å²) in [6, 6.07) is 20.4. The molecular weight excluding hydrogens is 496 g/mol. The molecule has 3 aromatic heterocycles. The molecule has 194 valence electrons. The van der Waals surface area contributed by atoms with Crippen LogP contribution >= 0.6 is 11.3 Å². The molecule has 0 aliphatic carbocycles. The highest BCUT2D eigenvalue weighted by Crippen LogP contribution is 2.26. The Bertz CT molecular complexity index is 1340. The molecule has 0 bridgehead atoms. The lowest BCUT2D eigenvalue weighted by molar-refractivity contribution is -0.120. The van der Waals surface area contributed by atoms with Crippen LogP contribution in [0.25, 0.3) is 10.6 Å². The van der Waals surface area contributed by atoms with Gasteiger partial charge in [-0.25, -0.2) is 9.97 Å². The zero-order valence-corrected chi connectivity index (χ0v) is 21.9. The number of carbonyl (C=O) groups excluding carboxylic acids is 1. The highest BCUT2D eigenvalue weighted by Gasteiger charge is 2.27. The number of anilines is 4. The van der Waals surface area contributed by atoms with Gasteiger partial charge in [-0.1, -0.05) is 24.3 Å². The summed E-state index contributed by atoms with van der Waals surface area (Å²) < 4.78 is 0. The molecule has 2 fully saturated rings. The van der Waals surface area contributed by atoms with E-state index in [9.17, 15) is 4.79 Å². The van der Waals surface area contributed by atoms with Gasteiger partial charge < -0.3 is 20.0 Å². The van der Waals surface area contributed by atoms with E-state index in [-0.39, 0.29) is 11.8 Å². The Balaban J connectivity index is 1.05. The van der Waals surface area contributed by atoms with E-state index in [1.54, 1.807) is 11.3 Å². The maximum atomic E-state index is 13.2. The van der Waals surface area contributed by atoms with Crippen molar-refractivity contribution in [2.75, 3.05) is 59.3 Å². The molecule has 0 spiro atoms. The van der Waals surface area contributed by atoms with Crippen molar-refractivity contribution in [2.45, 2.75) is 12.8 Å². The lowest BCUT2D eigenvalue weighted by Crippen LogP contribution is -2.46. The number of rotatable bonds is 6. The van der Waals surface area contributed by atoms with Crippen LogP contribution in [-0.2, 0) is 4.79 Å². The van der Waals surface area contributed by atoms with Gasteiger partial charge >= 0.3 is 0 Å². The van der Waals surface area contributed by atoms with Crippen LogP contribution in [-0.4, -0.2) is 65.3 Å². The Labute approximate surface area is 226 Å². The monoisotopic (exact) mass is 526 g/mol. The van der Waals surface area contributed by atoms with Gasteiger partial charge in [-0.15, -0.1) is 21.5 Å². The average Bonchev–Trinajstić information content (AvgIpc) is 3.53. The van der Waals surface area contributed by atoms with Crippen LogP contribution in [0.15, 0.2) is 72.4 Å². The summed E-state index contributed by atoms with van der Waals surface area (Å²) in [5, 5.41) is 13.9. The molecule has 0 radical (unpaired) electrons. The summed E-state index contributed by atoms with van der Waals surface area (Å²) in [5.74, 6) is 2.03. The van der Waals surface area contributed by atoms with Gasteiger partial charge in [-0.05, 0) is 48.6 Å². The third kappa shape index (κ3) is 5.45. The molecule has 4 aromatic rings. The Kier molecular flexibility index (Phi) is 7.12. The summed E-state index contributed by atoms with van der Waals surface area (Å²) in [6.07, 6.45) is 3.29. The molecule has 1 amide bonds. The van der Waals surface area contributed by atoms with Crippen molar-refractivity contribution in [1.29, 1.82) is 0 Å². The fourth-order valence-corrected chi connectivity index (χ4v) is 5.79. The largest absolute Gasteiger partial charge is 0.368 e. The van der Waals surface area contributed by atoms with Gasteiger partial charge in [0.1, 0.15) is 23.7 Å². The number of carbonyl (C=O) groups is 1. The number of aromatic nitrogens is 4. The zero-order valence-electron chi connectivity index (χ0n) is 21.1. The van der Waals surface area contributed by atoms with Crippen LogP contribution in [0, 0.1) is 5.92 Å². The third-order valence-electron chi connectivity index (χ3n) is 7.17. The SMILES string of the molecule is O=C(Nc1cc(N2CCN(c3ccccc3)CC2)ncn1)C1CCCN(c2ccc(-c3cccs3)nn2)C1. The second kappa shape index (κ2) is 11.1. The molecule has 9 nitrogen and oxygen atoms in total. The number of nitrogens with one attached hydrogen (secondary N) is 1. The smallest absolute Gasteiger partial charge is 0.230 e. The van der Waals surface area contributed by atoms with Crippen LogP contribution in [0.4, 0.5) is 23.1 Å². The molecule has 5 heterocycles. The van der Waals surface area contributed by atoms with Crippen molar-refractivity contribution in [3.8, 4) is 10.6 Å². The van der Waals surface area contributed by atoms with Crippen molar-refractivity contribution in [3.63, 3.8) is 0 Å². The first-order chi connectivity index (χ1) is 18.7. The average molecular weight is 527 g/mol. The Morgan fingerprint density at radius 2 is 1.68 bits per heavy atom. The predicted octanol–water partition coefficient (Wildman–Crippen LogP) is 4.18. The van der Waals surface area contributed by atoms with E-state index in [2.05, 4.69) is 64.4 Å². The topological polar surface area (TPSA) is 90.4 Å². The highest BCUT2D eigenvalue weighted by atomic mass is 32.1. The normalized spacial score (nSPS) is 17.9. The number of nitrogens with zero attached hydrogens (tertiary/aromatic N) is 7. The summed E-state index contributed by atoms with van der Waals surface area (Å²) in [5.41, 5.74) is 2.12. The maximum absolute atomic E-state index is 13.2. The van der Waals surface area contributed by atoms with E-state index in [1.807, 2.05) is 41.8 Å². The van der Waals surface area contributed by atoms with Crippen molar-refractivity contribution in [3.05, 3.63) is 72.4 Å². The molecule has 0 saturated carbocycles. The van der Waals surface area contributed by atoms with Gasteiger partial charge in [0.2, 0.25) is 5.91 Å². The van der Waals surface area contributed by atoms with Gasteiger partial charge in [0, 0.05) is 51.0 Å². The van der Waals surface area contributed by atoms with E-state index in [1.165, 1.54) is 12.0 Å². The van der Waals surface area contributed by atoms with Crippen molar-refractivity contribution in [1.82, 2.24) is 20.2 Å². The fraction of sp³-hybridized carbons (Fsp3) is 0.321. The summed E-state index contributed by atoms with van der Waals surface area (Å²) in [4.78, 5) is 29.9. The minimum absolute atomic E-state index is 0.0172. The molecule has 1 aromatic carbocycles. The molecule has 2 aliphatic rings. The standard InChI is InChI=1S/C28H30N8OS/c37-28(21-6-4-12-36(19-21)26-11-10-23(32-33-26)24-9-5-17-38-24)31-25-18-27(30-20-29-25)35-15-13-34(14-16-35)22-7-2-1-3-8-22/h1-3,5,7-11,17-18,20-21H,4,6,12-16,19H2,(H,29,30,31,37). The number of hydrogen-bond acceptors (Lipinski definition) is 9. The second-order valence-electron chi connectivity index (χ2n) is 9.60. The maximum Gasteiger partial charge on any atom is 0.230 e. The summed E-state index contributed by atoms with van der Waals surface area (Å²) in [7, 11) is 0. The van der Waals surface area contributed by atoms with Crippen LogP contribution in [0.2, 0.25) is 0 Å². The van der Waals surface area contributed by atoms with Crippen LogP contribution in [0.5, 0.6) is 0 Å². The van der Waals surface area contributed by atoms with E-state index in [4.69, 9.17) is 0 Å². The van der Waals surface area contributed by atoms with Gasteiger partial charge in [0.05, 0.1) is 10.8 Å². The molecule has 1 unspecified atom stereocenters. The van der Waals surface area contributed by atoms with E-state index in [0.29, 0.717) is 12.4 Å². The molecule has 6 rings (SSSR count). The fourth-order valence-electron chi connectivity index (χ4n) is 5.10. The number of amides is 1. The zero-order chi connectivity index (χ0) is 25.7. The Morgan fingerprint density at radius 3 is 2.45 bits per heavy atom. The van der Waals surface area contributed by atoms with Crippen molar-refractivity contribution >= 4 is 40.4 Å². The van der Waals surface area contributed by atoms with E-state index in [0.717, 1.165) is 67.8 Å². The van der Waals surface area contributed by atoms with Crippen molar-refractivity contribution < 1.29 is 4.79 Å². The molecule has 10 heteroatoms. The van der Waals surface area contributed by atoms with Crippen LogP contribution < -0.4 is 20.0 Å². The van der Waals surface area contributed by atoms with Gasteiger partial charge in [0.25, 0.3) is 0 Å².